The number of nitrogens with one attached hydrogen (secondary N) is 2. The second kappa shape index (κ2) is 20.7. The molecule has 398 valence electrons. The molecule has 5 aromatic rings. The monoisotopic (exact) mass is 1060 g/mol. The Morgan fingerprint density at radius 2 is 1.68 bits per heavy atom. The number of fused-ring (bicyclic) bond motifs is 2. The Balaban J connectivity index is 0.797. The van der Waals surface area contributed by atoms with E-state index in [1.165, 1.54) is 33.8 Å². The number of aliphatic hydroxyl groups excluding tert-OH is 1. The van der Waals surface area contributed by atoms with Gasteiger partial charge in [-0.3, -0.25) is 29.3 Å². The molecule has 1 saturated carbocycles. The van der Waals surface area contributed by atoms with Gasteiger partial charge < -0.3 is 35.4 Å². The smallest absolute Gasteiger partial charge is 0.329 e. The van der Waals surface area contributed by atoms with Crippen LogP contribution in [0.4, 0.5) is 28.2 Å². The first-order chi connectivity index (χ1) is 35.9. The molecule has 4 fully saturated rings. The van der Waals surface area contributed by atoms with Crippen molar-refractivity contribution < 1.29 is 51.3 Å². The zero-order valence-corrected chi connectivity index (χ0v) is 42.9. The molecule has 0 bridgehead atoms. The van der Waals surface area contributed by atoms with Crippen LogP contribution in [0.3, 0.4) is 0 Å². The molecule has 4 aromatic carbocycles. The average molecular weight is 1060 g/mol. The van der Waals surface area contributed by atoms with Gasteiger partial charge in [0.25, 0.3) is 0 Å². The molecule has 3 atom stereocenters. The molecule has 1 aromatic heterocycles. The third-order valence-corrected chi connectivity index (χ3v) is 16.9. The third-order valence-electron chi connectivity index (χ3n) is 16.5. The van der Waals surface area contributed by atoms with E-state index in [1.54, 1.807) is 7.05 Å². The molecule has 5 heterocycles. The number of nitrogens with two attached hydrogens (primary N) is 1. The summed E-state index contributed by atoms with van der Waals surface area (Å²) in [5.74, 6) is -5.76. The van der Waals surface area contributed by atoms with Crippen molar-refractivity contribution in [3.05, 3.63) is 105 Å². The lowest BCUT2D eigenvalue weighted by atomic mass is 9.77. The first-order valence-electron chi connectivity index (χ1n) is 25.8. The number of piperidine rings is 1. The number of urea groups is 1. The molecule has 15 nitrogen and oxygen atoms in total. The van der Waals surface area contributed by atoms with Gasteiger partial charge in [0.15, 0.2) is 28.8 Å². The number of aromatic nitrogens is 2. The molecule has 5 N–H and O–H groups in total. The number of hydrogen-bond donors (Lipinski definition) is 4. The summed E-state index contributed by atoms with van der Waals surface area (Å²) in [6.45, 7) is 6.16. The molecule has 5 amide bonds. The van der Waals surface area contributed by atoms with Gasteiger partial charge >= 0.3 is 6.03 Å². The van der Waals surface area contributed by atoms with Crippen molar-refractivity contribution >= 4 is 52.1 Å². The van der Waals surface area contributed by atoms with Gasteiger partial charge in [0.05, 0.1) is 28.1 Å². The number of aryl methyl sites for hydroxylation is 1. The zero-order valence-electron chi connectivity index (χ0n) is 42.1. The summed E-state index contributed by atoms with van der Waals surface area (Å²) < 4.78 is 78.4. The predicted molar refractivity (Wildman–Crippen MR) is 273 cm³/mol. The largest absolute Gasteiger partial charge is 0.488 e. The summed E-state index contributed by atoms with van der Waals surface area (Å²) in [5, 5.41) is 19.5. The van der Waals surface area contributed by atoms with E-state index in [9.17, 15) is 24.3 Å². The van der Waals surface area contributed by atoms with Crippen LogP contribution in [-0.4, -0.2) is 113 Å². The number of carbonyl (C=O) groups excluding carboxylic acids is 4. The molecule has 0 spiro atoms. The van der Waals surface area contributed by atoms with Crippen LogP contribution in [0.5, 0.6) is 11.5 Å². The summed E-state index contributed by atoms with van der Waals surface area (Å²) in [6.07, 6.45) is 5.49. The number of amides is 5. The number of primary amides is 1. The minimum atomic E-state index is -1.15. The topological polar surface area (TPSA) is 185 Å². The lowest BCUT2D eigenvalue weighted by Crippen LogP contribution is -2.55. The van der Waals surface area contributed by atoms with Gasteiger partial charge in [-0.25, -0.2) is 22.4 Å². The van der Waals surface area contributed by atoms with Crippen LogP contribution in [-0.2, 0) is 22.2 Å². The second-order valence-electron chi connectivity index (χ2n) is 21.0. The van der Waals surface area contributed by atoms with Gasteiger partial charge in [-0.2, -0.15) is 5.10 Å². The summed E-state index contributed by atoms with van der Waals surface area (Å²) in [7, 11) is 1.55. The van der Waals surface area contributed by atoms with Crippen LogP contribution in [0.25, 0.3) is 22.0 Å². The van der Waals surface area contributed by atoms with E-state index in [0.717, 1.165) is 18.4 Å². The van der Waals surface area contributed by atoms with Crippen molar-refractivity contribution in [2.45, 2.75) is 101 Å². The van der Waals surface area contributed by atoms with Crippen LogP contribution in [0.1, 0.15) is 111 Å². The Labute approximate surface area is 436 Å². The molecule has 20 heteroatoms. The van der Waals surface area contributed by atoms with Gasteiger partial charge in [0, 0.05) is 85.8 Å². The molecule has 4 aliphatic heterocycles. The fraction of sp³-hybridized carbons (Fsp3) is 0.473. The normalized spacial score (nSPS) is 24.4. The molecule has 10 rings (SSSR count). The first kappa shape index (κ1) is 52.2. The highest BCUT2D eigenvalue weighted by Gasteiger charge is 2.51. The highest BCUT2D eigenvalue weighted by atomic mass is 35.5. The number of ether oxygens (including phenoxy) is 2. The molecular weight excluding hydrogens is 996 g/mol. The van der Waals surface area contributed by atoms with Gasteiger partial charge in [-0.1, -0.05) is 48.9 Å². The zero-order chi connectivity index (χ0) is 53.1. The van der Waals surface area contributed by atoms with Gasteiger partial charge in [-0.05, 0) is 101 Å². The predicted octanol–water partition coefficient (Wildman–Crippen LogP) is 8.17. The Hall–Kier alpha value is -6.28. The van der Waals surface area contributed by atoms with Crippen molar-refractivity contribution in [2.24, 2.45) is 18.7 Å². The lowest BCUT2D eigenvalue weighted by molar-refractivity contribution is -0.141. The molecular formula is C55H61ClF4N8O7. The van der Waals surface area contributed by atoms with E-state index in [4.69, 9.17) is 26.8 Å². The first-order valence-corrected chi connectivity index (χ1v) is 26.2. The van der Waals surface area contributed by atoms with E-state index < -0.39 is 69.8 Å². The number of anilines is 1. The Bertz CT molecular complexity index is 3070. The number of nitrogens with zero attached hydrogens (tertiary/aromatic N) is 5. The SMILES string of the molecule is CC1c2c(cc(F)c(Cl)c2-c2c(C(N)=O)ccc(OCCO)c2F)OC1(CNC1CCC(C(=O)N2CCCC2(C)CN2CCC(c3c(F)cc4c(N5CCC(=O)NC5=O)nn(C)c4c3F)CC2)CC1)c1ccccc1. The van der Waals surface area contributed by atoms with Gasteiger partial charge in [-0.15, -0.1) is 0 Å². The quantitative estimate of drug-likeness (QED) is 0.0792. The second-order valence-corrected chi connectivity index (χ2v) is 21.4. The number of rotatable bonds is 14. The maximum absolute atomic E-state index is 16.5. The number of aliphatic hydroxyl groups is 1. The average Bonchev–Trinajstić information content (AvgIpc) is 4.03. The van der Waals surface area contributed by atoms with E-state index in [2.05, 4.69) is 32.5 Å². The van der Waals surface area contributed by atoms with E-state index >= 15 is 17.6 Å². The van der Waals surface area contributed by atoms with Gasteiger partial charge in [0.1, 0.15) is 29.5 Å². The number of likely N-dealkylation sites (tertiary alicyclic amines) is 2. The molecule has 3 saturated heterocycles. The van der Waals surface area contributed by atoms with Crippen LogP contribution >= 0.6 is 11.6 Å². The Kier molecular flexibility index (Phi) is 14.4. The van der Waals surface area contributed by atoms with Crippen molar-refractivity contribution in [3.63, 3.8) is 0 Å². The van der Waals surface area contributed by atoms with Gasteiger partial charge in [0.2, 0.25) is 17.7 Å². The number of benzene rings is 4. The standard InChI is InChI=1S/C55H61ClF4N8O7/c1-30-42-40(27-38(58)46(56)45(42)44-35(50(61)71)14-15-39(47(44)59)74-25-24-69)75-55(30,33-8-5-4-6-9-33)28-62-34-12-10-32(11-13-34)52(72)68-20-7-19-54(68,2)29-66-21-16-31(17-22-66)43-37(57)26-36-49(48(43)60)65(3)64-51(36)67-23-18-41(70)63-53(67)73/h4-6,8-9,14-15,26-27,30-32,34,62,69H,7,10-13,16-25,28-29H2,1-3H3,(H2,61,71)(H,63,70,73). The van der Waals surface area contributed by atoms with Crippen LogP contribution in [0.2, 0.25) is 5.02 Å². The molecule has 5 aliphatic rings. The molecule has 75 heavy (non-hydrogen) atoms. The maximum Gasteiger partial charge on any atom is 0.329 e. The summed E-state index contributed by atoms with van der Waals surface area (Å²) in [6, 6.07) is 13.7. The highest BCUT2D eigenvalue weighted by Crippen LogP contribution is 2.57. The number of imide groups is 1. The van der Waals surface area contributed by atoms with Crippen LogP contribution < -0.4 is 30.7 Å². The van der Waals surface area contributed by atoms with Crippen molar-refractivity contribution in [1.82, 2.24) is 30.2 Å². The van der Waals surface area contributed by atoms with Crippen molar-refractivity contribution in [1.29, 1.82) is 0 Å². The Morgan fingerprint density at radius 3 is 2.37 bits per heavy atom. The fourth-order valence-corrected chi connectivity index (χ4v) is 12.9. The fourth-order valence-electron chi connectivity index (χ4n) is 12.7. The minimum Gasteiger partial charge on any atom is -0.488 e. The number of carbonyl (C=O) groups is 4. The molecule has 3 unspecified atom stereocenters. The molecule has 0 radical (unpaired) electrons. The highest BCUT2D eigenvalue weighted by molar-refractivity contribution is 6.34. The minimum absolute atomic E-state index is 0.00194. The lowest BCUT2D eigenvalue weighted by Gasteiger charge is -2.43. The summed E-state index contributed by atoms with van der Waals surface area (Å²) in [4.78, 5) is 57.3. The number of hydrogen-bond acceptors (Lipinski definition) is 10. The number of halogens is 5. The van der Waals surface area contributed by atoms with Crippen molar-refractivity contribution in [2.75, 3.05) is 57.4 Å². The maximum atomic E-state index is 16.5. The molecule has 1 aliphatic carbocycles. The van der Waals surface area contributed by atoms with Crippen LogP contribution in [0.15, 0.2) is 54.6 Å². The van der Waals surface area contributed by atoms with Crippen LogP contribution in [0, 0.1) is 29.2 Å². The van der Waals surface area contributed by atoms with Crippen molar-refractivity contribution in [3.8, 4) is 22.6 Å². The van der Waals surface area contributed by atoms with E-state index in [-0.39, 0.29) is 100 Å². The Morgan fingerprint density at radius 1 is 0.947 bits per heavy atom. The van der Waals surface area contributed by atoms with E-state index in [1.807, 2.05) is 37.3 Å². The van der Waals surface area contributed by atoms with E-state index in [0.29, 0.717) is 70.3 Å². The third kappa shape index (κ3) is 9.37. The summed E-state index contributed by atoms with van der Waals surface area (Å²) in [5.41, 5.74) is 4.79. The summed E-state index contributed by atoms with van der Waals surface area (Å²) >= 11 is 6.73.